The van der Waals surface area contributed by atoms with Gasteiger partial charge in [-0.3, -0.25) is 14.9 Å². The molecule has 1 heterocycles. The molecule has 3 N–H and O–H groups in total. The summed E-state index contributed by atoms with van der Waals surface area (Å²) < 4.78 is 0. The van der Waals surface area contributed by atoms with Gasteiger partial charge in [0.05, 0.1) is 17.8 Å². The van der Waals surface area contributed by atoms with E-state index in [4.69, 9.17) is 0 Å². The molecule has 1 aliphatic carbocycles. The molecule has 1 aromatic rings. The maximum absolute atomic E-state index is 12.7. The Kier molecular flexibility index (Phi) is 5.21. The molecule has 3 rings (SSSR count). The predicted molar refractivity (Wildman–Crippen MR) is 94.5 cm³/mol. The molecule has 0 atom stereocenters. The monoisotopic (exact) mass is 344 g/mol. The van der Waals surface area contributed by atoms with E-state index in [0.717, 1.165) is 44.3 Å². The Morgan fingerprint density at radius 3 is 2.56 bits per heavy atom. The number of likely N-dealkylation sites (tertiary alicyclic amines) is 1. The van der Waals surface area contributed by atoms with Crippen molar-refractivity contribution in [2.75, 3.05) is 25.0 Å². The Labute approximate surface area is 147 Å². The van der Waals surface area contributed by atoms with Gasteiger partial charge in [-0.2, -0.15) is 0 Å². The lowest BCUT2D eigenvalue weighted by Crippen LogP contribution is -2.43. The number of benzene rings is 1. The lowest BCUT2D eigenvalue weighted by molar-refractivity contribution is -0.118. The highest BCUT2D eigenvalue weighted by Crippen LogP contribution is 2.23. The zero-order valence-corrected chi connectivity index (χ0v) is 14.4. The van der Waals surface area contributed by atoms with Crippen LogP contribution in [0.15, 0.2) is 18.2 Å². The maximum atomic E-state index is 12.7. The molecule has 1 saturated carbocycles. The zero-order chi connectivity index (χ0) is 17.8. The van der Waals surface area contributed by atoms with Gasteiger partial charge in [0.15, 0.2) is 0 Å². The van der Waals surface area contributed by atoms with Crippen molar-refractivity contribution in [2.45, 2.75) is 38.6 Å². The van der Waals surface area contributed by atoms with E-state index in [-0.39, 0.29) is 18.5 Å². The smallest absolute Gasteiger partial charge is 0.321 e. The quantitative estimate of drug-likeness (QED) is 0.757. The molecule has 4 amide bonds. The van der Waals surface area contributed by atoms with Gasteiger partial charge in [-0.15, -0.1) is 0 Å². The van der Waals surface area contributed by atoms with E-state index in [2.05, 4.69) is 16.0 Å². The van der Waals surface area contributed by atoms with Crippen molar-refractivity contribution in [2.24, 2.45) is 0 Å². The van der Waals surface area contributed by atoms with Gasteiger partial charge in [0.25, 0.3) is 5.91 Å². The average molecular weight is 344 g/mol. The Bertz CT molecular complexity index is 679. The van der Waals surface area contributed by atoms with E-state index in [1.54, 1.807) is 6.07 Å². The first-order valence-corrected chi connectivity index (χ1v) is 8.77. The van der Waals surface area contributed by atoms with Gasteiger partial charge in [0, 0.05) is 19.1 Å². The lowest BCUT2D eigenvalue weighted by Gasteiger charge is -2.19. The number of nitrogens with zero attached hydrogens (tertiary/aromatic N) is 1. The fourth-order valence-electron chi connectivity index (χ4n) is 2.96. The molecule has 2 fully saturated rings. The summed E-state index contributed by atoms with van der Waals surface area (Å²) in [6, 6.07) is 5.23. The minimum atomic E-state index is -0.465. The van der Waals surface area contributed by atoms with Gasteiger partial charge in [0.2, 0.25) is 5.91 Å². The number of hydrogen-bond donors (Lipinski definition) is 3. The minimum absolute atomic E-state index is 0.0180. The summed E-state index contributed by atoms with van der Waals surface area (Å²) in [5.41, 5.74) is 2.11. The topological polar surface area (TPSA) is 90.5 Å². The summed E-state index contributed by atoms with van der Waals surface area (Å²) in [6.45, 7) is 3.37. The molecule has 2 aliphatic rings. The SMILES string of the molecule is Cc1cccc(C(=O)N2CCCC2)c1NCC(=O)NC(=O)NC1CC1. The zero-order valence-electron chi connectivity index (χ0n) is 14.4. The van der Waals surface area contributed by atoms with Crippen LogP contribution in [0.25, 0.3) is 0 Å². The number of para-hydroxylation sites is 1. The van der Waals surface area contributed by atoms with Crippen molar-refractivity contribution in [3.63, 3.8) is 0 Å². The van der Waals surface area contributed by atoms with Crippen molar-refractivity contribution >= 4 is 23.5 Å². The molecule has 0 bridgehead atoms. The van der Waals surface area contributed by atoms with Crippen LogP contribution in [-0.4, -0.2) is 48.4 Å². The van der Waals surface area contributed by atoms with Crippen LogP contribution in [0.4, 0.5) is 10.5 Å². The standard InChI is InChI=1S/C18H24N4O3/c1-12-5-4-6-14(17(24)22-9-2-3-10-22)16(12)19-11-15(23)21-18(25)20-13-7-8-13/h4-6,13,19H,2-3,7-11H2,1H3,(H2,20,21,23,25). The summed E-state index contributed by atoms with van der Waals surface area (Å²) in [6.07, 6.45) is 3.98. The van der Waals surface area contributed by atoms with Crippen molar-refractivity contribution in [3.05, 3.63) is 29.3 Å². The molecule has 0 radical (unpaired) electrons. The fraction of sp³-hybridized carbons (Fsp3) is 0.500. The lowest BCUT2D eigenvalue weighted by atomic mass is 10.1. The summed E-state index contributed by atoms with van der Waals surface area (Å²) in [5.74, 6) is -0.448. The van der Waals surface area contributed by atoms with E-state index in [1.165, 1.54) is 0 Å². The second-order valence-corrected chi connectivity index (χ2v) is 6.65. The number of urea groups is 1. The molecule has 7 nitrogen and oxygen atoms in total. The summed E-state index contributed by atoms with van der Waals surface area (Å²) in [7, 11) is 0. The number of anilines is 1. The first-order chi connectivity index (χ1) is 12.0. The molecular weight excluding hydrogens is 320 g/mol. The van der Waals surface area contributed by atoms with Gasteiger partial charge in [-0.1, -0.05) is 12.1 Å². The number of rotatable bonds is 5. The van der Waals surface area contributed by atoms with Crippen molar-refractivity contribution in [3.8, 4) is 0 Å². The third-order valence-electron chi connectivity index (χ3n) is 4.49. The van der Waals surface area contributed by atoms with E-state index >= 15 is 0 Å². The van der Waals surface area contributed by atoms with E-state index < -0.39 is 11.9 Å². The van der Waals surface area contributed by atoms with Crippen molar-refractivity contribution in [1.29, 1.82) is 0 Å². The van der Waals surface area contributed by atoms with E-state index in [1.807, 2.05) is 24.0 Å². The predicted octanol–water partition coefficient (Wildman–Crippen LogP) is 1.63. The molecular formula is C18H24N4O3. The van der Waals surface area contributed by atoms with Crippen LogP contribution in [0.2, 0.25) is 0 Å². The van der Waals surface area contributed by atoms with Gasteiger partial charge in [0.1, 0.15) is 0 Å². The number of carbonyl (C=O) groups is 3. The number of nitrogens with one attached hydrogen (secondary N) is 3. The molecule has 1 aromatic carbocycles. The molecule has 0 spiro atoms. The van der Waals surface area contributed by atoms with Crippen molar-refractivity contribution in [1.82, 2.24) is 15.5 Å². The van der Waals surface area contributed by atoms with Gasteiger partial charge in [-0.05, 0) is 44.2 Å². The number of imide groups is 1. The Morgan fingerprint density at radius 1 is 1.16 bits per heavy atom. The molecule has 0 aromatic heterocycles. The van der Waals surface area contributed by atoms with Gasteiger partial charge < -0.3 is 15.5 Å². The Balaban J connectivity index is 1.61. The molecule has 0 unspecified atom stereocenters. The summed E-state index contributed by atoms with van der Waals surface area (Å²) >= 11 is 0. The number of carbonyl (C=O) groups excluding carboxylic acids is 3. The number of hydrogen-bond acceptors (Lipinski definition) is 4. The van der Waals surface area contributed by atoms with E-state index in [0.29, 0.717) is 11.3 Å². The second-order valence-electron chi connectivity index (χ2n) is 6.65. The maximum Gasteiger partial charge on any atom is 0.321 e. The van der Waals surface area contributed by atoms with Crippen LogP contribution in [0.1, 0.15) is 41.6 Å². The van der Waals surface area contributed by atoms with Crippen LogP contribution in [0.5, 0.6) is 0 Å². The van der Waals surface area contributed by atoms with Crippen molar-refractivity contribution < 1.29 is 14.4 Å². The summed E-state index contributed by atoms with van der Waals surface area (Å²) in [5, 5.41) is 8.02. The third-order valence-corrected chi connectivity index (χ3v) is 4.49. The highest BCUT2D eigenvalue weighted by molar-refractivity contribution is 6.01. The fourth-order valence-corrected chi connectivity index (χ4v) is 2.96. The van der Waals surface area contributed by atoms with Crippen LogP contribution in [0, 0.1) is 6.92 Å². The van der Waals surface area contributed by atoms with Gasteiger partial charge in [-0.25, -0.2) is 4.79 Å². The largest absolute Gasteiger partial charge is 0.375 e. The Morgan fingerprint density at radius 2 is 1.88 bits per heavy atom. The molecule has 1 saturated heterocycles. The van der Waals surface area contributed by atoms with Crippen LogP contribution in [-0.2, 0) is 4.79 Å². The van der Waals surface area contributed by atoms with Gasteiger partial charge >= 0.3 is 6.03 Å². The highest BCUT2D eigenvalue weighted by Gasteiger charge is 2.25. The third kappa shape index (κ3) is 4.49. The molecule has 1 aliphatic heterocycles. The molecule has 25 heavy (non-hydrogen) atoms. The Hall–Kier alpha value is -2.57. The van der Waals surface area contributed by atoms with Crippen LogP contribution < -0.4 is 16.0 Å². The minimum Gasteiger partial charge on any atom is -0.375 e. The highest BCUT2D eigenvalue weighted by atomic mass is 16.2. The number of aryl methyl sites for hydroxylation is 1. The molecule has 7 heteroatoms. The average Bonchev–Trinajstić information content (AvgIpc) is 3.22. The normalized spacial score (nSPS) is 16.4. The molecule has 134 valence electrons. The first-order valence-electron chi connectivity index (χ1n) is 8.77. The first kappa shape index (κ1) is 17.3. The van der Waals surface area contributed by atoms with Crippen LogP contribution >= 0.6 is 0 Å². The summed E-state index contributed by atoms with van der Waals surface area (Å²) in [4.78, 5) is 38.1. The second kappa shape index (κ2) is 7.55. The van der Waals surface area contributed by atoms with E-state index in [9.17, 15) is 14.4 Å². The number of amides is 4. The van der Waals surface area contributed by atoms with Crippen LogP contribution in [0.3, 0.4) is 0 Å².